The Morgan fingerprint density at radius 1 is 1.38 bits per heavy atom. The van der Waals surface area contributed by atoms with Crippen LogP contribution in [-0.4, -0.2) is 17.9 Å². The van der Waals surface area contributed by atoms with Gasteiger partial charge < -0.3 is 10.0 Å². The average Bonchev–Trinajstić information content (AvgIpc) is 2.09. The van der Waals surface area contributed by atoms with Gasteiger partial charge in [-0.05, 0) is 32.4 Å². The molecule has 0 fully saturated rings. The Bertz CT molecular complexity index is 271. The minimum Gasteiger partial charge on any atom is -0.374 e. The molecule has 0 amide bonds. The van der Waals surface area contributed by atoms with Crippen molar-refractivity contribution in [1.29, 1.82) is 0 Å². The molecular formula is C11H17NO. The molecule has 0 bridgehead atoms. The predicted octanol–water partition coefficient (Wildman–Crippen LogP) is 2.16. The molecular weight excluding hydrogens is 162 g/mol. The van der Waals surface area contributed by atoms with E-state index in [4.69, 9.17) is 0 Å². The van der Waals surface area contributed by atoms with Crippen LogP contribution in [0.15, 0.2) is 24.3 Å². The second-order valence-corrected chi connectivity index (χ2v) is 3.20. The molecule has 0 aliphatic rings. The van der Waals surface area contributed by atoms with E-state index in [1.54, 1.807) is 6.92 Å². The van der Waals surface area contributed by atoms with Gasteiger partial charge in [0.25, 0.3) is 0 Å². The quantitative estimate of drug-likeness (QED) is 0.719. The molecule has 1 N–H and O–H groups in total. The molecule has 0 heterocycles. The van der Waals surface area contributed by atoms with Crippen LogP contribution in [0, 0.1) is 6.92 Å². The summed E-state index contributed by atoms with van der Waals surface area (Å²) in [6.07, 6.45) is -0.425. The van der Waals surface area contributed by atoms with Crippen LogP contribution in [0.25, 0.3) is 0 Å². The van der Waals surface area contributed by atoms with Gasteiger partial charge in [-0.15, -0.1) is 0 Å². The number of para-hydroxylation sites is 1. The number of aliphatic hydroxyl groups excluding tert-OH is 1. The molecule has 0 aliphatic heterocycles. The highest BCUT2D eigenvalue weighted by molar-refractivity contribution is 5.53. The van der Waals surface area contributed by atoms with Gasteiger partial charge in [0, 0.05) is 12.2 Å². The van der Waals surface area contributed by atoms with Crippen LogP contribution in [0.2, 0.25) is 0 Å². The number of aliphatic hydroxyl groups is 1. The molecule has 0 radical (unpaired) electrons. The molecule has 1 atom stereocenters. The van der Waals surface area contributed by atoms with E-state index in [0.29, 0.717) is 0 Å². The lowest BCUT2D eigenvalue weighted by Crippen LogP contribution is -2.32. The number of hydrogen-bond acceptors (Lipinski definition) is 2. The van der Waals surface area contributed by atoms with Gasteiger partial charge in [-0.2, -0.15) is 0 Å². The molecule has 0 aliphatic carbocycles. The highest BCUT2D eigenvalue weighted by Crippen LogP contribution is 2.20. The zero-order valence-corrected chi connectivity index (χ0v) is 8.49. The number of benzene rings is 1. The fourth-order valence-corrected chi connectivity index (χ4v) is 1.52. The van der Waals surface area contributed by atoms with Gasteiger partial charge in [0.1, 0.15) is 6.23 Å². The highest BCUT2D eigenvalue weighted by atomic mass is 16.3. The fourth-order valence-electron chi connectivity index (χ4n) is 1.52. The van der Waals surface area contributed by atoms with Crippen LogP contribution in [0.4, 0.5) is 5.69 Å². The lowest BCUT2D eigenvalue weighted by atomic mass is 10.2. The van der Waals surface area contributed by atoms with Gasteiger partial charge in [-0.1, -0.05) is 18.2 Å². The summed E-state index contributed by atoms with van der Waals surface area (Å²) in [6.45, 7) is 6.71. The topological polar surface area (TPSA) is 23.5 Å². The Morgan fingerprint density at radius 2 is 2.00 bits per heavy atom. The summed E-state index contributed by atoms with van der Waals surface area (Å²) in [6, 6.07) is 8.09. The molecule has 2 heteroatoms. The van der Waals surface area contributed by atoms with Crippen molar-refractivity contribution in [3.63, 3.8) is 0 Å². The van der Waals surface area contributed by atoms with Gasteiger partial charge in [0.05, 0.1) is 0 Å². The number of aryl methyl sites for hydroxylation is 1. The third kappa shape index (κ3) is 2.22. The molecule has 0 saturated heterocycles. The summed E-state index contributed by atoms with van der Waals surface area (Å²) in [7, 11) is 0. The Labute approximate surface area is 79.8 Å². The standard InChI is InChI=1S/C11H17NO/c1-4-12(10(3)13)11-8-6-5-7-9(11)2/h5-8,10,13H,4H2,1-3H3. The molecule has 1 aromatic rings. The number of rotatable bonds is 3. The third-order valence-electron chi connectivity index (χ3n) is 2.22. The summed E-state index contributed by atoms with van der Waals surface area (Å²) >= 11 is 0. The van der Waals surface area contributed by atoms with Crippen molar-refractivity contribution in [2.24, 2.45) is 0 Å². The second kappa shape index (κ2) is 4.28. The molecule has 1 rings (SSSR count). The maximum Gasteiger partial charge on any atom is 0.124 e. The van der Waals surface area contributed by atoms with Crippen LogP contribution >= 0.6 is 0 Å². The summed E-state index contributed by atoms with van der Waals surface area (Å²) in [5.41, 5.74) is 2.31. The number of hydrogen-bond donors (Lipinski definition) is 1. The van der Waals surface area contributed by atoms with E-state index < -0.39 is 6.23 Å². The number of nitrogens with zero attached hydrogens (tertiary/aromatic N) is 1. The smallest absolute Gasteiger partial charge is 0.124 e. The zero-order valence-electron chi connectivity index (χ0n) is 8.49. The minimum atomic E-state index is -0.425. The largest absolute Gasteiger partial charge is 0.374 e. The Kier molecular flexibility index (Phi) is 3.32. The SMILES string of the molecule is CCN(c1ccccc1C)C(C)O. The summed E-state index contributed by atoms with van der Waals surface area (Å²) in [5.74, 6) is 0. The third-order valence-corrected chi connectivity index (χ3v) is 2.22. The van der Waals surface area contributed by atoms with Crippen molar-refractivity contribution in [2.45, 2.75) is 27.0 Å². The van der Waals surface area contributed by atoms with E-state index in [1.165, 1.54) is 5.56 Å². The van der Waals surface area contributed by atoms with Crippen LogP contribution < -0.4 is 4.90 Å². The van der Waals surface area contributed by atoms with E-state index in [0.717, 1.165) is 12.2 Å². The van der Waals surface area contributed by atoms with E-state index in [1.807, 2.05) is 30.0 Å². The normalized spacial score (nSPS) is 12.6. The first-order valence-electron chi connectivity index (χ1n) is 4.67. The first kappa shape index (κ1) is 10.1. The first-order chi connectivity index (χ1) is 6.16. The maximum atomic E-state index is 9.52. The fraction of sp³-hybridized carbons (Fsp3) is 0.455. The van der Waals surface area contributed by atoms with E-state index in [-0.39, 0.29) is 0 Å². The van der Waals surface area contributed by atoms with Crippen molar-refractivity contribution in [3.8, 4) is 0 Å². The Hall–Kier alpha value is -1.02. The van der Waals surface area contributed by atoms with Crippen LogP contribution in [0.3, 0.4) is 0 Å². The molecule has 72 valence electrons. The first-order valence-corrected chi connectivity index (χ1v) is 4.67. The second-order valence-electron chi connectivity index (χ2n) is 3.20. The maximum absolute atomic E-state index is 9.52. The van der Waals surface area contributed by atoms with Gasteiger partial charge >= 0.3 is 0 Å². The molecule has 0 saturated carbocycles. The summed E-state index contributed by atoms with van der Waals surface area (Å²) in [4.78, 5) is 1.97. The van der Waals surface area contributed by atoms with Gasteiger partial charge in [0.15, 0.2) is 0 Å². The van der Waals surface area contributed by atoms with E-state index >= 15 is 0 Å². The minimum absolute atomic E-state index is 0.425. The van der Waals surface area contributed by atoms with E-state index in [9.17, 15) is 5.11 Å². The van der Waals surface area contributed by atoms with Crippen LogP contribution in [0.1, 0.15) is 19.4 Å². The van der Waals surface area contributed by atoms with Crippen molar-refractivity contribution in [3.05, 3.63) is 29.8 Å². The summed E-state index contributed by atoms with van der Waals surface area (Å²) in [5, 5.41) is 9.52. The van der Waals surface area contributed by atoms with Crippen molar-refractivity contribution in [2.75, 3.05) is 11.4 Å². The highest BCUT2D eigenvalue weighted by Gasteiger charge is 2.10. The van der Waals surface area contributed by atoms with Crippen molar-refractivity contribution >= 4 is 5.69 Å². The molecule has 1 unspecified atom stereocenters. The zero-order chi connectivity index (χ0) is 9.84. The molecule has 2 nitrogen and oxygen atoms in total. The van der Waals surface area contributed by atoms with Crippen molar-refractivity contribution < 1.29 is 5.11 Å². The molecule has 13 heavy (non-hydrogen) atoms. The van der Waals surface area contributed by atoms with Crippen LogP contribution in [-0.2, 0) is 0 Å². The van der Waals surface area contributed by atoms with Crippen molar-refractivity contribution in [1.82, 2.24) is 0 Å². The Balaban J connectivity index is 2.97. The molecule has 0 spiro atoms. The van der Waals surface area contributed by atoms with Gasteiger partial charge in [0.2, 0.25) is 0 Å². The molecule has 0 aromatic heterocycles. The average molecular weight is 179 g/mol. The number of anilines is 1. The summed E-state index contributed by atoms with van der Waals surface area (Å²) < 4.78 is 0. The predicted molar refractivity (Wildman–Crippen MR) is 55.9 cm³/mol. The van der Waals surface area contributed by atoms with Crippen LogP contribution in [0.5, 0.6) is 0 Å². The van der Waals surface area contributed by atoms with Gasteiger partial charge in [-0.25, -0.2) is 0 Å². The Morgan fingerprint density at radius 3 is 2.46 bits per heavy atom. The monoisotopic (exact) mass is 179 g/mol. The molecule has 1 aromatic carbocycles. The van der Waals surface area contributed by atoms with Gasteiger partial charge in [-0.3, -0.25) is 0 Å². The lowest BCUT2D eigenvalue weighted by molar-refractivity contribution is 0.189. The van der Waals surface area contributed by atoms with E-state index in [2.05, 4.69) is 13.0 Å². The lowest BCUT2D eigenvalue weighted by Gasteiger charge is -2.27.